The van der Waals surface area contributed by atoms with Gasteiger partial charge in [0.15, 0.2) is 0 Å². The monoisotopic (exact) mass is 441 g/mol. The molecule has 2 rings (SSSR count). The molecule has 30 heavy (non-hydrogen) atoms. The Kier molecular flexibility index (Phi) is 10.0. The largest absolute Gasteiger partial charge is 0.382 e. The van der Waals surface area contributed by atoms with E-state index >= 15 is 0 Å². The molecule has 1 amide bonds. The van der Waals surface area contributed by atoms with Gasteiger partial charge in [0, 0.05) is 52.1 Å². The van der Waals surface area contributed by atoms with Crippen LogP contribution in [-0.2, 0) is 19.5 Å². The molecule has 1 heterocycles. The van der Waals surface area contributed by atoms with Crippen LogP contribution in [0.2, 0.25) is 0 Å². The number of nitrogens with zero attached hydrogens (tertiary/aromatic N) is 2. The molecule has 0 aromatic heterocycles. The molecule has 0 aliphatic carbocycles. The van der Waals surface area contributed by atoms with Gasteiger partial charge in [-0.05, 0) is 37.5 Å². The third-order valence-corrected chi connectivity index (χ3v) is 7.23. The Hall–Kier alpha value is -1.68. The van der Waals surface area contributed by atoms with Gasteiger partial charge in [0.1, 0.15) is 0 Å². The van der Waals surface area contributed by atoms with Crippen LogP contribution in [-0.4, -0.2) is 78.3 Å². The van der Waals surface area contributed by atoms with Gasteiger partial charge in [0.2, 0.25) is 10.0 Å². The van der Waals surface area contributed by atoms with E-state index in [4.69, 9.17) is 9.47 Å². The number of carbonyl (C=O) groups excluding carboxylic acids is 1. The maximum atomic E-state index is 12.9. The summed E-state index contributed by atoms with van der Waals surface area (Å²) in [5.74, 6) is -0.259. The van der Waals surface area contributed by atoms with Gasteiger partial charge in [-0.1, -0.05) is 13.8 Å². The molecule has 0 bridgehead atoms. The summed E-state index contributed by atoms with van der Waals surface area (Å²) in [5, 5.41) is 2.90. The van der Waals surface area contributed by atoms with Gasteiger partial charge in [-0.3, -0.25) is 4.79 Å². The summed E-state index contributed by atoms with van der Waals surface area (Å²) >= 11 is 0. The maximum absolute atomic E-state index is 12.9. The first-order valence-electron chi connectivity index (χ1n) is 10.7. The van der Waals surface area contributed by atoms with Crippen LogP contribution in [0.4, 0.5) is 5.69 Å². The lowest BCUT2D eigenvalue weighted by molar-refractivity contribution is 0.0688. The number of carbonyl (C=O) groups is 1. The molecule has 1 N–H and O–H groups in total. The second kappa shape index (κ2) is 12.2. The highest BCUT2D eigenvalue weighted by Gasteiger charge is 2.26. The minimum absolute atomic E-state index is 0.155. The first-order chi connectivity index (χ1) is 14.5. The van der Waals surface area contributed by atoms with Gasteiger partial charge in [-0.15, -0.1) is 0 Å². The number of methoxy groups -OCH3 is 1. The highest BCUT2D eigenvalue weighted by atomic mass is 32.2. The Bertz CT molecular complexity index is 775. The summed E-state index contributed by atoms with van der Waals surface area (Å²) in [6.07, 6.45) is 2.81. The highest BCUT2D eigenvalue weighted by molar-refractivity contribution is 7.89. The van der Waals surface area contributed by atoms with Crippen molar-refractivity contribution in [3.05, 3.63) is 23.8 Å². The van der Waals surface area contributed by atoms with Gasteiger partial charge in [0.25, 0.3) is 5.91 Å². The molecule has 0 unspecified atom stereocenters. The van der Waals surface area contributed by atoms with Gasteiger partial charge in [0.05, 0.1) is 23.7 Å². The first-order valence-corrected chi connectivity index (χ1v) is 12.1. The van der Waals surface area contributed by atoms with Crippen LogP contribution in [0, 0.1) is 0 Å². The molecule has 170 valence electrons. The van der Waals surface area contributed by atoms with Gasteiger partial charge < -0.3 is 19.7 Å². The lowest BCUT2D eigenvalue weighted by Gasteiger charge is -2.23. The smallest absolute Gasteiger partial charge is 0.253 e. The van der Waals surface area contributed by atoms with Crippen molar-refractivity contribution in [1.82, 2.24) is 9.62 Å². The molecule has 0 atom stereocenters. The molecule has 1 aromatic carbocycles. The Morgan fingerprint density at radius 3 is 2.47 bits per heavy atom. The number of nitrogens with one attached hydrogen (secondary N) is 1. The lowest BCUT2D eigenvalue weighted by Crippen LogP contribution is -2.32. The van der Waals surface area contributed by atoms with Crippen LogP contribution in [0.25, 0.3) is 0 Å². The molecular formula is C21H35N3O5S. The van der Waals surface area contributed by atoms with E-state index in [1.807, 2.05) is 13.8 Å². The van der Waals surface area contributed by atoms with E-state index in [1.54, 1.807) is 19.2 Å². The Morgan fingerprint density at radius 1 is 1.13 bits per heavy atom. The van der Waals surface area contributed by atoms with Crippen molar-refractivity contribution in [1.29, 1.82) is 0 Å². The van der Waals surface area contributed by atoms with E-state index in [1.165, 1.54) is 10.4 Å². The first kappa shape index (κ1) is 24.6. The van der Waals surface area contributed by atoms with E-state index in [-0.39, 0.29) is 10.8 Å². The predicted molar refractivity (Wildman–Crippen MR) is 118 cm³/mol. The number of rotatable bonds is 13. The molecule has 8 nitrogen and oxygen atoms in total. The van der Waals surface area contributed by atoms with E-state index in [2.05, 4.69) is 10.2 Å². The Labute approximate surface area is 180 Å². The number of amides is 1. The number of sulfonamides is 1. The highest BCUT2D eigenvalue weighted by Crippen LogP contribution is 2.28. The van der Waals surface area contributed by atoms with Gasteiger partial charge in [-0.2, -0.15) is 4.31 Å². The molecule has 1 fully saturated rings. The third-order valence-electron chi connectivity index (χ3n) is 5.19. The number of ether oxygens (including phenoxy) is 2. The van der Waals surface area contributed by atoms with E-state index in [0.29, 0.717) is 51.4 Å². The van der Waals surface area contributed by atoms with Crippen molar-refractivity contribution in [2.75, 3.05) is 64.6 Å². The Balaban J connectivity index is 2.16. The van der Waals surface area contributed by atoms with Gasteiger partial charge in [-0.25, -0.2) is 8.42 Å². The fraction of sp³-hybridized carbons (Fsp3) is 0.667. The van der Waals surface area contributed by atoms with Crippen LogP contribution in [0.3, 0.4) is 0 Å². The molecule has 0 saturated carbocycles. The number of hydrogen-bond donors (Lipinski definition) is 1. The van der Waals surface area contributed by atoms with Crippen molar-refractivity contribution in [3.8, 4) is 0 Å². The summed E-state index contributed by atoms with van der Waals surface area (Å²) in [6, 6.07) is 4.90. The van der Waals surface area contributed by atoms with Crippen molar-refractivity contribution in [2.45, 2.75) is 38.0 Å². The molecule has 9 heteroatoms. The SMILES string of the molecule is CCN(CC)S(=O)(=O)c1ccc(N2CCCC2)c(C(=O)NCCCOCCOC)c1. The molecule has 0 radical (unpaired) electrons. The minimum atomic E-state index is -3.63. The zero-order valence-electron chi connectivity index (χ0n) is 18.4. The van der Waals surface area contributed by atoms with Crippen LogP contribution in [0.15, 0.2) is 23.1 Å². The van der Waals surface area contributed by atoms with Crippen molar-refractivity contribution in [2.24, 2.45) is 0 Å². The number of benzene rings is 1. The fourth-order valence-corrected chi connectivity index (χ4v) is 5.00. The molecule has 0 spiro atoms. The number of anilines is 1. The second-order valence-corrected chi connectivity index (χ2v) is 9.11. The third kappa shape index (κ3) is 6.41. The van der Waals surface area contributed by atoms with Crippen molar-refractivity contribution >= 4 is 21.6 Å². The summed E-state index contributed by atoms with van der Waals surface area (Å²) in [4.78, 5) is 15.2. The van der Waals surface area contributed by atoms with E-state index < -0.39 is 10.0 Å². The van der Waals surface area contributed by atoms with Crippen molar-refractivity contribution in [3.63, 3.8) is 0 Å². The van der Waals surface area contributed by atoms with Crippen LogP contribution >= 0.6 is 0 Å². The maximum Gasteiger partial charge on any atom is 0.253 e. The molecule has 1 aliphatic heterocycles. The van der Waals surface area contributed by atoms with Gasteiger partial charge >= 0.3 is 0 Å². The second-order valence-electron chi connectivity index (χ2n) is 7.18. The topological polar surface area (TPSA) is 88.2 Å². The predicted octanol–water partition coefficient (Wildman–Crippen LogP) is 2.10. The summed E-state index contributed by atoms with van der Waals surface area (Å²) < 4.78 is 37.6. The molecular weight excluding hydrogens is 406 g/mol. The minimum Gasteiger partial charge on any atom is -0.382 e. The summed E-state index contributed by atoms with van der Waals surface area (Å²) in [5.41, 5.74) is 1.20. The fourth-order valence-electron chi connectivity index (χ4n) is 3.52. The summed E-state index contributed by atoms with van der Waals surface area (Å²) in [7, 11) is -2.01. The molecule has 1 saturated heterocycles. The van der Waals surface area contributed by atoms with Crippen molar-refractivity contribution < 1.29 is 22.7 Å². The molecule has 1 aromatic rings. The standard InChI is InChI=1S/C21H35N3O5S/c1-4-24(5-2)30(26,27)18-9-10-20(23-12-6-7-13-23)19(17-18)21(25)22-11-8-14-29-16-15-28-3/h9-10,17H,4-8,11-16H2,1-3H3,(H,22,25). The average Bonchev–Trinajstić information content (AvgIpc) is 3.28. The lowest BCUT2D eigenvalue weighted by atomic mass is 10.1. The molecule has 1 aliphatic rings. The zero-order valence-corrected chi connectivity index (χ0v) is 19.2. The van der Waals surface area contributed by atoms with Crippen LogP contribution in [0.5, 0.6) is 0 Å². The normalized spacial score (nSPS) is 14.5. The number of hydrogen-bond acceptors (Lipinski definition) is 6. The average molecular weight is 442 g/mol. The van der Waals surface area contributed by atoms with Crippen LogP contribution in [0.1, 0.15) is 43.5 Å². The zero-order chi connectivity index (χ0) is 22.0. The summed E-state index contributed by atoms with van der Waals surface area (Å²) in [6.45, 7) is 8.18. The van der Waals surface area contributed by atoms with E-state index in [9.17, 15) is 13.2 Å². The Morgan fingerprint density at radius 2 is 1.83 bits per heavy atom. The van der Waals surface area contributed by atoms with E-state index in [0.717, 1.165) is 31.6 Å². The van der Waals surface area contributed by atoms with Crippen LogP contribution < -0.4 is 10.2 Å². The quantitative estimate of drug-likeness (QED) is 0.472.